The Labute approximate surface area is 122 Å². The van der Waals surface area contributed by atoms with Crippen LogP contribution in [-0.2, 0) is 16.1 Å². The predicted octanol–water partition coefficient (Wildman–Crippen LogP) is 3.27. The van der Waals surface area contributed by atoms with Crippen LogP contribution < -0.4 is 5.32 Å². The zero-order chi connectivity index (χ0) is 13.5. The highest BCUT2D eigenvalue weighted by atomic mass is 79.9. The summed E-state index contributed by atoms with van der Waals surface area (Å²) in [5, 5.41) is 3.33. The van der Waals surface area contributed by atoms with Crippen molar-refractivity contribution in [1.29, 1.82) is 0 Å². The number of rotatable bonds is 5. The van der Waals surface area contributed by atoms with Crippen molar-refractivity contribution in [3.05, 3.63) is 34.3 Å². The van der Waals surface area contributed by atoms with Crippen molar-refractivity contribution in [2.24, 2.45) is 5.92 Å². The summed E-state index contributed by atoms with van der Waals surface area (Å²) in [7, 11) is 0. The molecule has 1 fully saturated rings. The van der Waals surface area contributed by atoms with E-state index in [2.05, 4.69) is 21.2 Å². The molecule has 1 saturated heterocycles. The van der Waals surface area contributed by atoms with Gasteiger partial charge in [0, 0.05) is 10.9 Å². The number of carbonyl (C=O) groups is 1. The number of nitrogens with one attached hydrogen (secondary N) is 1. The van der Waals surface area contributed by atoms with E-state index in [0.29, 0.717) is 18.9 Å². The lowest BCUT2D eigenvalue weighted by molar-refractivity contribution is -0.145. The third kappa shape index (κ3) is 5.33. The molecule has 2 rings (SSSR count). The molecule has 1 heterocycles. The highest BCUT2D eigenvalue weighted by Gasteiger charge is 2.14. The molecule has 3 nitrogen and oxygen atoms in total. The van der Waals surface area contributed by atoms with Gasteiger partial charge in [0.2, 0.25) is 0 Å². The third-order valence-corrected chi connectivity index (χ3v) is 4.00. The van der Waals surface area contributed by atoms with Gasteiger partial charge in [0.1, 0.15) is 6.61 Å². The summed E-state index contributed by atoms with van der Waals surface area (Å²) in [6.45, 7) is 2.53. The topological polar surface area (TPSA) is 38.3 Å². The van der Waals surface area contributed by atoms with Gasteiger partial charge in [-0.05, 0) is 56.0 Å². The zero-order valence-electron chi connectivity index (χ0n) is 11.0. The van der Waals surface area contributed by atoms with Crippen LogP contribution in [0.25, 0.3) is 0 Å². The first kappa shape index (κ1) is 14.5. The standard InChI is InChI=1S/C15H20BrNO2/c16-14-3-1-2-13(10-14)11-19-15(18)5-4-12-6-8-17-9-7-12/h1-3,10,12,17H,4-9,11H2. The molecule has 1 N–H and O–H groups in total. The SMILES string of the molecule is O=C(CCC1CCNCC1)OCc1cccc(Br)c1. The van der Waals surface area contributed by atoms with Crippen LogP contribution in [0.1, 0.15) is 31.2 Å². The minimum absolute atomic E-state index is 0.0847. The molecule has 0 aromatic heterocycles. The van der Waals surface area contributed by atoms with Crippen LogP contribution in [0.2, 0.25) is 0 Å². The fourth-order valence-corrected chi connectivity index (χ4v) is 2.80. The van der Waals surface area contributed by atoms with Gasteiger partial charge in [-0.25, -0.2) is 0 Å². The number of halogens is 1. The molecule has 0 radical (unpaired) electrons. The van der Waals surface area contributed by atoms with Crippen molar-refractivity contribution in [2.45, 2.75) is 32.3 Å². The zero-order valence-corrected chi connectivity index (χ0v) is 12.6. The van der Waals surface area contributed by atoms with Crippen molar-refractivity contribution in [2.75, 3.05) is 13.1 Å². The molecule has 4 heteroatoms. The van der Waals surface area contributed by atoms with E-state index in [1.807, 2.05) is 24.3 Å². The molecule has 0 spiro atoms. The molecule has 1 aliphatic heterocycles. The van der Waals surface area contributed by atoms with Crippen LogP contribution in [0, 0.1) is 5.92 Å². The normalized spacial score (nSPS) is 16.3. The molecule has 1 aliphatic rings. The lowest BCUT2D eigenvalue weighted by Gasteiger charge is -2.21. The second-order valence-electron chi connectivity index (χ2n) is 5.02. The number of ether oxygens (including phenoxy) is 1. The van der Waals surface area contributed by atoms with Crippen LogP contribution in [0.3, 0.4) is 0 Å². The predicted molar refractivity (Wildman–Crippen MR) is 78.8 cm³/mol. The molecule has 0 bridgehead atoms. The molecule has 19 heavy (non-hydrogen) atoms. The molecule has 104 valence electrons. The maximum atomic E-state index is 11.7. The van der Waals surface area contributed by atoms with Crippen molar-refractivity contribution in [3.63, 3.8) is 0 Å². The highest BCUT2D eigenvalue weighted by molar-refractivity contribution is 9.10. The maximum absolute atomic E-state index is 11.7. The van der Waals surface area contributed by atoms with E-state index < -0.39 is 0 Å². The van der Waals surface area contributed by atoms with Crippen molar-refractivity contribution < 1.29 is 9.53 Å². The molecule has 0 aliphatic carbocycles. The van der Waals surface area contributed by atoms with Crippen molar-refractivity contribution >= 4 is 21.9 Å². The Kier molecular flexibility index (Phi) is 5.86. The molecule has 0 amide bonds. The van der Waals surface area contributed by atoms with Crippen LogP contribution in [-0.4, -0.2) is 19.1 Å². The number of carbonyl (C=O) groups excluding carboxylic acids is 1. The number of esters is 1. The number of hydrogen-bond acceptors (Lipinski definition) is 3. The largest absolute Gasteiger partial charge is 0.461 e. The number of piperidine rings is 1. The van der Waals surface area contributed by atoms with E-state index in [9.17, 15) is 4.79 Å². The Balaban J connectivity index is 1.66. The van der Waals surface area contributed by atoms with Gasteiger partial charge in [0.25, 0.3) is 0 Å². The van der Waals surface area contributed by atoms with E-state index >= 15 is 0 Å². The number of benzene rings is 1. The van der Waals surface area contributed by atoms with E-state index in [4.69, 9.17) is 4.74 Å². The smallest absolute Gasteiger partial charge is 0.306 e. The maximum Gasteiger partial charge on any atom is 0.306 e. The summed E-state index contributed by atoms with van der Waals surface area (Å²) < 4.78 is 6.31. The lowest BCUT2D eigenvalue weighted by atomic mass is 9.93. The molecule has 1 aromatic carbocycles. The summed E-state index contributed by atoms with van der Waals surface area (Å²) in [5.41, 5.74) is 1.02. The Morgan fingerprint density at radius 2 is 2.16 bits per heavy atom. The molecular weight excluding hydrogens is 306 g/mol. The van der Waals surface area contributed by atoms with Crippen molar-refractivity contribution in [3.8, 4) is 0 Å². The van der Waals surface area contributed by atoms with Gasteiger partial charge in [-0.1, -0.05) is 28.1 Å². The Morgan fingerprint density at radius 1 is 1.37 bits per heavy atom. The number of hydrogen-bond donors (Lipinski definition) is 1. The Morgan fingerprint density at radius 3 is 2.89 bits per heavy atom. The molecule has 1 aromatic rings. The summed E-state index contributed by atoms with van der Waals surface area (Å²) in [5.74, 6) is 0.596. The highest BCUT2D eigenvalue weighted by Crippen LogP contribution is 2.18. The fraction of sp³-hybridized carbons (Fsp3) is 0.533. The van der Waals surface area contributed by atoms with Crippen LogP contribution in [0.5, 0.6) is 0 Å². The average molecular weight is 326 g/mol. The van der Waals surface area contributed by atoms with Crippen LogP contribution in [0.15, 0.2) is 28.7 Å². The van der Waals surface area contributed by atoms with Gasteiger partial charge in [-0.15, -0.1) is 0 Å². The third-order valence-electron chi connectivity index (χ3n) is 3.50. The summed E-state index contributed by atoms with van der Waals surface area (Å²) in [6, 6.07) is 7.84. The van der Waals surface area contributed by atoms with Crippen LogP contribution in [0.4, 0.5) is 0 Å². The summed E-state index contributed by atoms with van der Waals surface area (Å²) in [4.78, 5) is 11.7. The summed E-state index contributed by atoms with van der Waals surface area (Å²) >= 11 is 3.41. The molecule has 0 saturated carbocycles. The lowest BCUT2D eigenvalue weighted by Crippen LogP contribution is -2.28. The van der Waals surface area contributed by atoms with E-state index in [1.54, 1.807) is 0 Å². The minimum atomic E-state index is -0.0847. The fourth-order valence-electron chi connectivity index (χ4n) is 2.36. The first-order chi connectivity index (χ1) is 9.24. The molecular formula is C15H20BrNO2. The Bertz CT molecular complexity index is 416. The van der Waals surface area contributed by atoms with Gasteiger partial charge in [0.15, 0.2) is 0 Å². The van der Waals surface area contributed by atoms with Gasteiger partial charge in [0.05, 0.1) is 0 Å². The molecule has 0 unspecified atom stereocenters. The van der Waals surface area contributed by atoms with Crippen LogP contribution >= 0.6 is 15.9 Å². The first-order valence-corrected chi connectivity index (χ1v) is 7.64. The van der Waals surface area contributed by atoms with Crippen molar-refractivity contribution in [1.82, 2.24) is 5.32 Å². The minimum Gasteiger partial charge on any atom is -0.461 e. The van der Waals surface area contributed by atoms with Gasteiger partial charge < -0.3 is 10.1 Å². The average Bonchev–Trinajstić information content (AvgIpc) is 2.44. The van der Waals surface area contributed by atoms with E-state index in [-0.39, 0.29) is 5.97 Å². The van der Waals surface area contributed by atoms with Gasteiger partial charge >= 0.3 is 5.97 Å². The second-order valence-corrected chi connectivity index (χ2v) is 5.94. The molecule has 0 atom stereocenters. The Hall–Kier alpha value is -0.870. The van der Waals surface area contributed by atoms with E-state index in [1.165, 1.54) is 12.8 Å². The summed E-state index contributed by atoms with van der Waals surface area (Å²) in [6.07, 6.45) is 3.86. The first-order valence-electron chi connectivity index (χ1n) is 6.85. The van der Waals surface area contributed by atoms with Gasteiger partial charge in [-0.2, -0.15) is 0 Å². The monoisotopic (exact) mass is 325 g/mol. The van der Waals surface area contributed by atoms with E-state index in [0.717, 1.165) is 29.5 Å². The quantitative estimate of drug-likeness (QED) is 0.844. The second kappa shape index (κ2) is 7.65. The van der Waals surface area contributed by atoms with Gasteiger partial charge in [-0.3, -0.25) is 4.79 Å².